The Kier molecular flexibility index (Phi) is 5.42. The minimum atomic E-state index is -0.570. The lowest BCUT2D eigenvalue weighted by Crippen LogP contribution is -2.27. The van der Waals surface area contributed by atoms with Crippen molar-refractivity contribution in [1.82, 2.24) is 9.55 Å². The third kappa shape index (κ3) is 4.43. The van der Waals surface area contributed by atoms with Crippen LogP contribution < -0.4 is 10.1 Å². The summed E-state index contributed by atoms with van der Waals surface area (Å²) in [5.41, 5.74) is 2.10. The maximum atomic E-state index is 12.1. The highest BCUT2D eigenvalue weighted by Gasteiger charge is 2.17. The molecule has 0 aliphatic heterocycles. The summed E-state index contributed by atoms with van der Waals surface area (Å²) in [5, 5.41) is 5.02. The van der Waals surface area contributed by atoms with Crippen molar-refractivity contribution in [2.24, 2.45) is 0 Å². The molecule has 6 heteroatoms. The average molecular weight is 452 g/mol. The Bertz CT molecular complexity index is 1480. The topological polar surface area (TPSA) is 65.4 Å². The first-order valence-electron chi connectivity index (χ1n) is 11.1. The van der Waals surface area contributed by atoms with Crippen molar-refractivity contribution in [3.63, 3.8) is 0 Å². The van der Waals surface area contributed by atoms with Crippen molar-refractivity contribution in [1.29, 1.82) is 0 Å². The summed E-state index contributed by atoms with van der Waals surface area (Å²) < 4.78 is 13.6. The molecule has 0 saturated heterocycles. The Morgan fingerprint density at radius 2 is 1.59 bits per heavy atom. The van der Waals surface area contributed by atoms with Crippen LogP contribution in [0.25, 0.3) is 27.6 Å². The van der Waals surface area contributed by atoms with Gasteiger partial charge in [-0.2, -0.15) is 0 Å². The summed E-state index contributed by atoms with van der Waals surface area (Å²) in [4.78, 5) is 16.7. The van der Waals surface area contributed by atoms with E-state index >= 15 is 0 Å². The molecule has 1 amide bonds. The molecule has 170 valence electrons. The minimum Gasteiger partial charge on any atom is -0.457 e. The molecule has 2 heterocycles. The minimum absolute atomic E-state index is 0.508. The average Bonchev–Trinajstić information content (AvgIpc) is 3.12. The highest BCUT2D eigenvalue weighted by Crippen LogP contribution is 2.35. The molecule has 0 fully saturated rings. The van der Waals surface area contributed by atoms with Crippen LogP contribution in [0.1, 0.15) is 20.8 Å². The predicted octanol–water partition coefficient (Wildman–Crippen LogP) is 7.32. The van der Waals surface area contributed by atoms with Crippen LogP contribution in [0.15, 0.2) is 91.1 Å². The first-order valence-corrected chi connectivity index (χ1v) is 11.1. The van der Waals surface area contributed by atoms with Crippen molar-refractivity contribution in [2.75, 3.05) is 5.32 Å². The summed E-state index contributed by atoms with van der Waals surface area (Å²) in [6.07, 6.45) is 1.28. The molecule has 2 aromatic heterocycles. The van der Waals surface area contributed by atoms with Gasteiger partial charge in [0.15, 0.2) is 0 Å². The van der Waals surface area contributed by atoms with E-state index in [1.54, 1.807) is 18.3 Å². The third-order valence-electron chi connectivity index (χ3n) is 5.24. The summed E-state index contributed by atoms with van der Waals surface area (Å²) in [6.45, 7) is 5.48. The molecule has 6 nitrogen and oxygen atoms in total. The number of hydrogen-bond donors (Lipinski definition) is 1. The Labute approximate surface area is 197 Å². The van der Waals surface area contributed by atoms with Crippen molar-refractivity contribution in [3.05, 3.63) is 91.1 Å². The zero-order valence-corrected chi connectivity index (χ0v) is 19.3. The van der Waals surface area contributed by atoms with Gasteiger partial charge in [-0.15, -0.1) is 0 Å². The lowest BCUT2D eigenvalue weighted by molar-refractivity contribution is 0.0636. The Balaban J connectivity index is 1.49. The fourth-order valence-electron chi connectivity index (χ4n) is 3.94. The van der Waals surface area contributed by atoms with E-state index in [0.717, 1.165) is 27.6 Å². The second-order valence-corrected chi connectivity index (χ2v) is 8.98. The second-order valence-electron chi connectivity index (χ2n) is 8.98. The van der Waals surface area contributed by atoms with Crippen molar-refractivity contribution in [3.8, 4) is 17.3 Å². The van der Waals surface area contributed by atoms with E-state index in [1.807, 2.05) is 75.4 Å². The van der Waals surface area contributed by atoms with Crippen LogP contribution in [-0.2, 0) is 4.74 Å². The van der Waals surface area contributed by atoms with Crippen molar-refractivity contribution in [2.45, 2.75) is 26.4 Å². The van der Waals surface area contributed by atoms with Gasteiger partial charge >= 0.3 is 6.09 Å². The molecule has 5 rings (SSSR count). The van der Waals surface area contributed by atoms with Crippen LogP contribution in [0.5, 0.6) is 11.5 Å². The number of para-hydroxylation sites is 1. The van der Waals surface area contributed by atoms with Crippen LogP contribution in [0.4, 0.5) is 10.5 Å². The van der Waals surface area contributed by atoms with E-state index < -0.39 is 11.7 Å². The van der Waals surface area contributed by atoms with E-state index in [4.69, 9.17) is 9.47 Å². The smallest absolute Gasteiger partial charge is 0.412 e. The van der Waals surface area contributed by atoms with Crippen LogP contribution in [-0.4, -0.2) is 21.2 Å². The molecule has 0 saturated carbocycles. The van der Waals surface area contributed by atoms with E-state index in [1.165, 1.54) is 0 Å². The molecular formula is C28H25N3O3. The second kappa shape index (κ2) is 8.56. The largest absolute Gasteiger partial charge is 0.457 e. The number of carbonyl (C=O) groups is 1. The molecule has 3 aromatic carbocycles. The fraction of sp³-hybridized carbons (Fsp3) is 0.143. The number of amides is 1. The molecule has 5 aromatic rings. The lowest BCUT2D eigenvalue weighted by atomic mass is 10.1. The number of benzene rings is 3. The molecule has 0 atom stereocenters. The molecule has 0 aliphatic carbocycles. The summed E-state index contributed by atoms with van der Waals surface area (Å²) in [5.74, 6) is 2.13. The molecule has 1 N–H and O–H groups in total. The standard InChI is InChI=1S/C28H25N3O3/c1-28(2,3)34-27(32)30-19-9-8-10-20(17-19)33-21-14-15-23-22-11-4-5-12-24(22)31(25(23)18-21)26-13-6-7-16-29-26/h4-18H,1-3H3,(H,30,32). The number of nitrogens with zero attached hydrogens (tertiary/aromatic N) is 2. The van der Waals surface area contributed by atoms with E-state index in [0.29, 0.717) is 17.2 Å². The third-order valence-corrected chi connectivity index (χ3v) is 5.24. The van der Waals surface area contributed by atoms with Crippen LogP contribution in [0.2, 0.25) is 0 Å². The first kappa shape index (κ1) is 21.5. The number of carbonyl (C=O) groups excluding carboxylic acids is 1. The SMILES string of the molecule is CC(C)(C)OC(=O)Nc1cccc(Oc2ccc3c4ccccc4n(-c4ccccn4)c3c2)c1. The summed E-state index contributed by atoms with van der Waals surface area (Å²) >= 11 is 0. The maximum absolute atomic E-state index is 12.1. The zero-order valence-electron chi connectivity index (χ0n) is 19.3. The van der Waals surface area contributed by atoms with E-state index in [-0.39, 0.29) is 0 Å². The zero-order chi connectivity index (χ0) is 23.7. The quantitative estimate of drug-likeness (QED) is 0.311. The predicted molar refractivity (Wildman–Crippen MR) is 135 cm³/mol. The number of pyridine rings is 1. The van der Waals surface area contributed by atoms with Crippen molar-refractivity contribution < 1.29 is 14.3 Å². The highest BCUT2D eigenvalue weighted by molar-refractivity contribution is 6.09. The Morgan fingerprint density at radius 3 is 2.38 bits per heavy atom. The number of rotatable bonds is 4. The van der Waals surface area contributed by atoms with Gasteiger partial charge in [0.05, 0.1) is 11.0 Å². The van der Waals surface area contributed by atoms with Gasteiger partial charge in [0, 0.05) is 34.8 Å². The van der Waals surface area contributed by atoms with E-state index in [9.17, 15) is 4.79 Å². The Hall–Kier alpha value is -4.32. The van der Waals surface area contributed by atoms with Crippen molar-refractivity contribution >= 4 is 33.6 Å². The monoisotopic (exact) mass is 451 g/mol. The fourth-order valence-corrected chi connectivity index (χ4v) is 3.94. The van der Waals surface area contributed by atoms with E-state index in [2.05, 4.69) is 33.1 Å². The summed E-state index contributed by atoms with van der Waals surface area (Å²) in [7, 11) is 0. The molecule has 0 unspecified atom stereocenters. The van der Waals surface area contributed by atoms with Gasteiger partial charge in [0.1, 0.15) is 22.9 Å². The highest BCUT2D eigenvalue weighted by atomic mass is 16.6. The summed E-state index contributed by atoms with van der Waals surface area (Å²) in [6, 6.07) is 27.4. The van der Waals surface area contributed by atoms with Gasteiger partial charge < -0.3 is 9.47 Å². The molecule has 34 heavy (non-hydrogen) atoms. The lowest BCUT2D eigenvalue weighted by Gasteiger charge is -2.19. The number of ether oxygens (including phenoxy) is 2. The number of hydrogen-bond acceptors (Lipinski definition) is 4. The molecule has 0 aliphatic rings. The van der Waals surface area contributed by atoms with Crippen LogP contribution in [0.3, 0.4) is 0 Å². The Morgan fingerprint density at radius 1 is 0.824 bits per heavy atom. The van der Waals surface area contributed by atoms with Gasteiger partial charge in [-0.1, -0.05) is 30.3 Å². The normalized spacial score (nSPS) is 11.5. The number of nitrogens with one attached hydrogen (secondary N) is 1. The molecule has 0 radical (unpaired) electrons. The van der Waals surface area contributed by atoms with Gasteiger partial charge in [-0.05, 0) is 63.2 Å². The van der Waals surface area contributed by atoms with Gasteiger partial charge in [-0.3, -0.25) is 9.88 Å². The number of aromatic nitrogens is 2. The molecular weight excluding hydrogens is 426 g/mol. The number of anilines is 1. The molecule has 0 bridgehead atoms. The number of fused-ring (bicyclic) bond motifs is 3. The molecule has 0 spiro atoms. The first-order chi connectivity index (χ1) is 16.4. The van der Waals surface area contributed by atoms with Crippen LogP contribution in [0, 0.1) is 0 Å². The maximum Gasteiger partial charge on any atom is 0.412 e. The van der Waals surface area contributed by atoms with Gasteiger partial charge in [0.25, 0.3) is 0 Å². The van der Waals surface area contributed by atoms with Crippen LogP contribution >= 0.6 is 0 Å². The van der Waals surface area contributed by atoms with Gasteiger partial charge in [0.2, 0.25) is 0 Å². The van der Waals surface area contributed by atoms with Gasteiger partial charge in [-0.25, -0.2) is 9.78 Å².